The van der Waals surface area contributed by atoms with Gasteiger partial charge in [-0.05, 0) is 62.6 Å². The molecule has 0 aliphatic rings. The third-order valence-corrected chi connectivity index (χ3v) is 5.39. The number of carbonyl (C=O) groups is 1. The molecule has 0 saturated carbocycles. The predicted octanol–water partition coefficient (Wildman–Crippen LogP) is 5.36. The van der Waals surface area contributed by atoms with E-state index in [9.17, 15) is 4.79 Å². The van der Waals surface area contributed by atoms with Gasteiger partial charge in [-0.25, -0.2) is 4.79 Å². The maximum atomic E-state index is 12.1. The molecular weight excluding hydrogens is 402 g/mol. The molecule has 0 aliphatic carbocycles. The molecular formula is C27H33NO4. The van der Waals surface area contributed by atoms with Crippen LogP contribution in [0.15, 0.2) is 60.7 Å². The van der Waals surface area contributed by atoms with Gasteiger partial charge >= 0.3 is 5.97 Å². The topological polar surface area (TPSA) is 49.7 Å². The van der Waals surface area contributed by atoms with Crippen molar-refractivity contribution in [1.82, 2.24) is 4.57 Å². The van der Waals surface area contributed by atoms with Crippen molar-refractivity contribution in [2.24, 2.45) is 0 Å². The Morgan fingerprint density at radius 2 is 1.69 bits per heavy atom. The number of esters is 1. The largest absolute Gasteiger partial charge is 0.492 e. The minimum atomic E-state index is -0.580. The van der Waals surface area contributed by atoms with Crippen LogP contribution in [0.2, 0.25) is 0 Å². The van der Waals surface area contributed by atoms with E-state index < -0.39 is 6.10 Å². The van der Waals surface area contributed by atoms with E-state index in [0.717, 1.165) is 17.9 Å². The lowest BCUT2D eigenvalue weighted by atomic mass is 10.1. The van der Waals surface area contributed by atoms with E-state index in [4.69, 9.17) is 14.2 Å². The van der Waals surface area contributed by atoms with Gasteiger partial charge in [-0.2, -0.15) is 0 Å². The summed E-state index contributed by atoms with van der Waals surface area (Å²) in [4.78, 5) is 12.1. The fourth-order valence-corrected chi connectivity index (χ4v) is 3.95. The van der Waals surface area contributed by atoms with Gasteiger partial charge in [0.05, 0.1) is 18.8 Å². The highest BCUT2D eigenvalue weighted by molar-refractivity contribution is 5.75. The Balaban J connectivity index is 1.60. The number of hydrogen-bond acceptors (Lipinski definition) is 4. The van der Waals surface area contributed by atoms with Crippen molar-refractivity contribution in [1.29, 1.82) is 0 Å². The van der Waals surface area contributed by atoms with Gasteiger partial charge in [0.15, 0.2) is 6.10 Å². The van der Waals surface area contributed by atoms with E-state index >= 15 is 0 Å². The number of ether oxygens (including phenoxy) is 3. The first-order chi connectivity index (χ1) is 15.5. The molecule has 0 saturated heterocycles. The molecule has 2 aromatic carbocycles. The SMILES string of the molecule is CCOC(=O)C(Cc1ccc(OCCn2c(C)cc(C)c2-c2ccccc2)cc1)OCC. The van der Waals surface area contributed by atoms with E-state index in [1.54, 1.807) is 6.92 Å². The van der Waals surface area contributed by atoms with Crippen molar-refractivity contribution < 1.29 is 19.0 Å². The average molecular weight is 436 g/mol. The molecule has 0 radical (unpaired) electrons. The number of aryl methyl sites for hydroxylation is 2. The molecule has 0 fully saturated rings. The molecule has 5 heteroatoms. The lowest BCUT2D eigenvalue weighted by Gasteiger charge is -2.16. The zero-order chi connectivity index (χ0) is 22.9. The minimum Gasteiger partial charge on any atom is -0.492 e. The summed E-state index contributed by atoms with van der Waals surface area (Å²) in [5, 5.41) is 0. The molecule has 0 bridgehead atoms. The second kappa shape index (κ2) is 11.5. The van der Waals surface area contributed by atoms with Crippen molar-refractivity contribution >= 4 is 5.97 Å². The quantitative estimate of drug-likeness (QED) is 0.380. The van der Waals surface area contributed by atoms with Crippen LogP contribution in [0.3, 0.4) is 0 Å². The lowest BCUT2D eigenvalue weighted by Crippen LogP contribution is -2.28. The van der Waals surface area contributed by atoms with Crippen molar-refractivity contribution in [3.05, 3.63) is 77.5 Å². The van der Waals surface area contributed by atoms with Crippen LogP contribution in [0.1, 0.15) is 30.7 Å². The third-order valence-electron chi connectivity index (χ3n) is 5.39. The molecule has 1 unspecified atom stereocenters. The Kier molecular flexibility index (Phi) is 8.51. The summed E-state index contributed by atoms with van der Waals surface area (Å²) >= 11 is 0. The molecule has 0 amide bonds. The summed E-state index contributed by atoms with van der Waals surface area (Å²) in [7, 11) is 0. The standard InChI is InChI=1S/C27H33NO4/c1-5-30-25(27(29)31-6-2)19-22-12-14-24(15-13-22)32-17-16-28-21(4)18-20(3)26(28)23-10-8-7-9-11-23/h7-15,18,25H,5-6,16-17,19H2,1-4H3. The maximum absolute atomic E-state index is 12.1. The van der Waals surface area contributed by atoms with Gasteiger partial charge in [0.2, 0.25) is 0 Å². The van der Waals surface area contributed by atoms with Gasteiger partial charge in [0.25, 0.3) is 0 Å². The smallest absolute Gasteiger partial charge is 0.335 e. The Hall–Kier alpha value is -3.05. The molecule has 5 nitrogen and oxygen atoms in total. The summed E-state index contributed by atoms with van der Waals surface area (Å²) in [6, 6.07) is 20.5. The third kappa shape index (κ3) is 6.01. The molecule has 0 N–H and O–H groups in total. The van der Waals surface area contributed by atoms with Gasteiger partial charge in [-0.3, -0.25) is 0 Å². The first-order valence-electron chi connectivity index (χ1n) is 11.3. The molecule has 1 heterocycles. The van der Waals surface area contributed by atoms with E-state index in [2.05, 4.69) is 48.7 Å². The Labute approximate surface area is 190 Å². The number of nitrogens with zero attached hydrogens (tertiary/aromatic N) is 1. The second-order valence-electron chi connectivity index (χ2n) is 7.73. The van der Waals surface area contributed by atoms with Crippen LogP contribution < -0.4 is 4.74 Å². The van der Waals surface area contributed by atoms with E-state index in [0.29, 0.717) is 26.2 Å². The highest BCUT2D eigenvalue weighted by atomic mass is 16.6. The number of carbonyl (C=O) groups excluding carboxylic acids is 1. The van der Waals surface area contributed by atoms with Gasteiger partial charge in [-0.15, -0.1) is 0 Å². The molecule has 1 atom stereocenters. The minimum absolute atomic E-state index is 0.318. The number of rotatable bonds is 11. The molecule has 170 valence electrons. The van der Waals surface area contributed by atoms with Crippen molar-refractivity contribution in [3.8, 4) is 17.0 Å². The van der Waals surface area contributed by atoms with Crippen LogP contribution in [0.25, 0.3) is 11.3 Å². The molecule has 3 rings (SSSR count). The van der Waals surface area contributed by atoms with Crippen molar-refractivity contribution in [3.63, 3.8) is 0 Å². The summed E-state index contributed by atoms with van der Waals surface area (Å²) in [6.45, 7) is 10.1. The number of aromatic nitrogens is 1. The maximum Gasteiger partial charge on any atom is 0.335 e. The first-order valence-corrected chi connectivity index (χ1v) is 11.3. The zero-order valence-electron chi connectivity index (χ0n) is 19.5. The average Bonchev–Trinajstić information content (AvgIpc) is 3.08. The van der Waals surface area contributed by atoms with Crippen LogP contribution in [-0.2, 0) is 27.2 Å². The number of benzene rings is 2. The lowest BCUT2D eigenvalue weighted by molar-refractivity contribution is -0.156. The molecule has 3 aromatic rings. The number of hydrogen-bond donors (Lipinski definition) is 0. The van der Waals surface area contributed by atoms with E-state index in [-0.39, 0.29) is 5.97 Å². The Bertz CT molecular complexity index is 993. The molecule has 0 spiro atoms. The fourth-order valence-electron chi connectivity index (χ4n) is 3.95. The highest BCUT2D eigenvalue weighted by Crippen LogP contribution is 2.27. The van der Waals surface area contributed by atoms with Gasteiger partial charge < -0.3 is 18.8 Å². The summed E-state index contributed by atoms with van der Waals surface area (Å²) in [6.07, 6.45) is -0.0991. The predicted molar refractivity (Wildman–Crippen MR) is 127 cm³/mol. The first kappa shape index (κ1) is 23.6. The van der Waals surface area contributed by atoms with Crippen LogP contribution >= 0.6 is 0 Å². The Morgan fingerprint density at radius 3 is 2.34 bits per heavy atom. The summed E-state index contributed by atoms with van der Waals surface area (Å²) < 4.78 is 19.0. The van der Waals surface area contributed by atoms with Crippen LogP contribution in [0.5, 0.6) is 5.75 Å². The normalized spacial score (nSPS) is 11.9. The molecule has 32 heavy (non-hydrogen) atoms. The molecule has 1 aromatic heterocycles. The monoisotopic (exact) mass is 435 g/mol. The zero-order valence-corrected chi connectivity index (χ0v) is 19.5. The highest BCUT2D eigenvalue weighted by Gasteiger charge is 2.20. The van der Waals surface area contributed by atoms with E-state index in [1.807, 2.05) is 37.3 Å². The van der Waals surface area contributed by atoms with Crippen LogP contribution in [0, 0.1) is 13.8 Å². The van der Waals surface area contributed by atoms with Gasteiger partial charge in [0, 0.05) is 18.7 Å². The van der Waals surface area contributed by atoms with Gasteiger partial charge in [0.1, 0.15) is 12.4 Å². The molecule has 0 aliphatic heterocycles. The van der Waals surface area contributed by atoms with Crippen molar-refractivity contribution in [2.45, 2.75) is 46.8 Å². The fraction of sp³-hybridized carbons (Fsp3) is 0.370. The Morgan fingerprint density at radius 1 is 0.969 bits per heavy atom. The second-order valence-corrected chi connectivity index (χ2v) is 7.73. The van der Waals surface area contributed by atoms with Crippen LogP contribution in [-0.4, -0.2) is 36.5 Å². The summed E-state index contributed by atoms with van der Waals surface area (Å²) in [5.74, 6) is 0.488. The van der Waals surface area contributed by atoms with Gasteiger partial charge in [-0.1, -0.05) is 42.5 Å². The van der Waals surface area contributed by atoms with Crippen LogP contribution in [0.4, 0.5) is 0 Å². The van der Waals surface area contributed by atoms with E-state index in [1.165, 1.54) is 22.5 Å². The summed E-state index contributed by atoms with van der Waals surface area (Å²) in [5.41, 5.74) is 5.95. The van der Waals surface area contributed by atoms with Crippen molar-refractivity contribution in [2.75, 3.05) is 19.8 Å².